The Labute approximate surface area is 140 Å². The number of aliphatic carboxylic acids is 1. The molecule has 0 heterocycles. The summed E-state index contributed by atoms with van der Waals surface area (Å²) in [6.07, 6.45) is 4.09. The zero-order valence-electron chi connectivity index (χ0n) is 13.0. The van der Waals surface area contributed by atoms with Gasteiger partial charge in [-0.15, -0.1) is 0 Å². The largest absolute Gasteiger partial charge is 0.480 e. The maximum Gasteiger partial charge on any atom is 0.319 e. The number of carbonyl (C=O) groups is 2. The fourth-order valence-electron chi connectivity index (χ4n) is 3.84. The Morgan fingerprint density at radius 2 is 2.04 bits per heavy atom. The lowest BCUT2D eigenvalue weighted by Crippen LogP contribution is -2.59. The number of rotatable bonds is 5. The SMILES string of the molecule is COCc1cc(NC(=O)C2(C(=O)O)CC3(CCC3)C2)ccc1Cl. The molecule has 3 rings (SSSR count). The third-order valence-corrected chi connectivity index (χ3v) is 5.58. The van der Waals surface area contributed by atoms with Crippen LogP contribution in [0.15, 0.2) is 18.2 Å². The number of carbonyl (C=O) groups excluding carboxylic acids is 1. The number of anilines is 1. The van der Waals surface area contributed by atoms with Crippen LogP contribution in [0.25, 0.3) is 0 Å². The van der Waals surface area contributed by atoms with Crippen molar-refractivity contribution in [1.29, 1.82) is 0 Å². The van der Waals surface area contributed by atoms with Gasteiger partial charge in [0.1, 0.15) is 5.41 Å². The highest BCUT2D eigenvalue weighted by Crippen LogP contribution is 2.64. The predicted octanol–water partition coefficient (Wildman–Crippen LogP) is 3.46. The monoisotopic (exact) mass is 337 g/mol. The van der Waals surface area contributed by atoms with Gasteiger partial charge in [0.2, 0.25) is 5.91 Å². The first-order valence-electron chi connectivity index (χ1n) is 7.73. The van der Waals surface area contributed by atoms with Gasteiger partial charge in [0, 0.05) is 17.8 Å². The average Bonchev–Trinajstić information content (AvgIpc) is 2.40. The Bertz CT molecular complexity index is 646. The molecule has 1 amide bonds. The highest BCUT2D eigenvalue weighted by atomic mass is 35.5. The molecule has 2 N–H and O–H groups in total. The lowest BCUT2D eigenvalue weighted by molar-refractivity contribution is -0.178. The summed E-state index contributed by atoms with van der Waals surface area (Å²) < 4.78 is 5.06. The Balaban J connectivity index is 1.75. The van der Waals surface area contributed by atoms with Crippen molar-refractivity contribution in [2.24, 2.45) is 10.8 Å². The van der Waals surface area contributed by atoms with Gasteiger partial charge >= 0.3 is 5.97 Å². The van der Waals surface area contributed by atoms with Gasteiger partial charge in [-0.05, 0) is 54.9 Å². The summed E-state index contributed by atoms with van der Waals surface area (Å²) in [7, 11) is 1.56. The molecule has 0 aliphatic heterocycles. The van der Waals surface area contributed by atoms with Crippen molar-refractivity contribution >= 4 is 29.2 Å². The fraction of sp³-hybridized carbons (Fsp3) is 0.529. The van der Waals surface area contributed by atoms with Crippen LogP contribution in [0.5, 0.6) is 0 Å². The molecule has 2 aliphatic rings. The number of carboxylic acids is 1. The molecule has 5 nitrogen and oxygen atoms in total. The van der Waals surface area contributed by atoms with Crippen molar-refractivity contribution in [2.45, 2.75) is 38.7 Å². The second-order valence-electron chi connectivity index (χ2n) is 6.79. The third-order valence-electron chi connectivity index (χ3n) is 5.22. The van der Waals surface area contributed by atoms with Gasteiger partial charge in [0.25, 0.3) is 0 Å². The number of nitrogens with one attached hydrogen (secondary N) is 1. The van der Waals surface area contributed by atoms with E-state index in [9.17, 15) is 14.7 Å². The van der Waals surface area contributed by atoms with Gasteiger partial charge in [-0.25, -0.2) is 0 Å². The van der Waals surface area contributed by atoms with Crippen molar-refractivity contribution in [3.63, 3.8) is 0 Å². The van der Waals surface area contributed by atoms with Crippen LogP contribution < -0.4 is 5.32 Å². The molecule has 23 heavy (non-hydrogen) atoms. The Morgan fingerprint density at radius 1 is 1.35 bits per heavy atom. The molecule has 6 heteroatoms. The molecule has 1 spiro atoms. The highest BCUT2D eigenvalue weighted by molar-refractivity contribution is 6.31. The summed E-state index contributed by atoms with van der Waals surface area (Å²) in [6, 6.07) is 5.07. The Morgan fingerprint density at radius 3 is 2.57 bits per heavy atom. The lowest BCUT2D eigenvalue weighted by atomic mass is 9.45. The number of ether oxygens (including phenoxy) is 1. The van der Waals surface area contributed by atoms with E-state index in [1.165, 1.54) is 0 Å². The fourth-order valence-corrected chi connectivity index (χ4v) is 4.01. The van der Waals surface area contributed by atoms with E-state index in [4.69, 9.17) is 16.3 Å². The topological polar surface area (TPSA) is 75.6 Å². The van der Waals surface area contributed by atoms with E-state index in [0.29, 0.717) is 30.2 Å². The van der Waals surface area contributed by atoms with E-state index in [2.05, 4.69) is 5.32 Å². The number of carboxylic acid groups (broad SMARTS) is 1. The van der Waals surface area contributed by atoms with Crippen molar-refractivity contribution in [3.8, 4) is 0 Å². The third kappa shape index (κ3) is 2.72. The predicted molar refractivity (Wildman–Crippen MR) is 86.4 cm³/mol. The van der Waals surface area contributed by atoms with E-state index < -0.39 is 17.3 Å². The maximum atomic E-state index is 12.6. The summed E-state index contributed by atoms with van der Waals surface area (Å²) in [5, 5.41) is 12.9. The number of amides is 1. The van der Waals surface area contributed by atoms with Gasteiger partial charge in [0.15, 0.2) is 0 Å². The molecule has 0 saturated heterocycles. The summed E-state index contributed by atoms with van der Waals surface area (Å²) in [6.45, 7) is 0.329. The minimum Gasteiger partial charge on any atom is -0.480 e. The molecule has 124 valence electrons. The molecule has 2 saturated carbocycles. The first-order chi connectivity index (χ1) is 10.9. The standard InChI is InChI=1S/C17H20ClNO4/c1-23-8-11-7-12(3-4-13(11)18)19-14(20)17(15(21)22)9-16(10-17)5-2-6-16/h3-4,7H,2,5-6,8-10H2,1H3,(H,19,20)(H,21,22). The number of hydrogen-bond acceptors (Lipinski definition) is 3. The molecule has 1 aromatic carbocycles. The van der Waals surface area contributed by atoms with Crippen molar-refractivity contribution in [3.05, 3.63) is 28.8 Å². The summed E-state index contributed by atoms with van der Waals surface area (Å²) in [5.41, 5.74) is 0.0975. The van der Waals surface area contributed by atoms with E-state index in [0.717, 1.165) is 24.8 Å². The van der Waals surface area contributed by atoms with Crippen molar-refractivity contribution in [2.75, 3.05) is 12.4 Å². The quantitative estimate of drug-likeness (QED) is 0.807. The molecule has 2 fully saturated rings. The summed E-state index contributed by atoms with van der Waals surface area (Å²) in [4.78, 5) is 24.3. The van der Waals surface area contributed by atoms with Crippen LogP contribution in [0.1, 0.15) is 37.7 Å². The second kappa shape index (κ2) is 5.80. The van der Waals surface area contributed by atoms with Crippen LogP contribution in [0.2, 0.25) is 5.02 Å². The first kappa shape index (κ1) is 16.3. The number of halogens is 1. The van der Waals surface area contributed by atoms with E-state index in [-0.39, 0.29) is 5.41 Å². The minimum atomic E-state index is -1.29. The molecule has 0 atom stereocenters. The van der Waals surface area contributed by atoms with Gasteiger partial charge in [-0.3, -0.25) is 9.59 Å². The molecule has 0 aromatic heterocycles. The smallest absolute Gasteiger partial charge is 0.319 e. The zero-order valence-corrected chi connectivity index (χ0v) is 13.8. The van der Waals surface area contributed by atoms with Crippen molar-refractivity contribution < 1.29 is 19.4 Å². The lowest BCUT2D eigenvalue weighted by Gasteiger charge is -2.58. The highest BCUT2D eigenvalue weighted by Gasteiger charge is 2.64. The minimum absolute atomic E-state index is 0.0942. The van der Waals surface area contributed by atoms with Crippen LogP contribution in [0.4, 0.5) is 5.69 Å². The molecule has 1 aromatic rings. The van der Waals surface area contributed by atoms with E-state index in [1.807, 2.05) is 0 Å². The maximum absolute atomic E-state index is 12.6. The Hall–Kier alpha value is -1.59. The molecule has 2 aliphatic carbocycles. The normalized spacial score (nSPS) is 20.4. The molecule has 0 bridgehead atoms. The van der Waals surface area contributed by atoms with Crippen LogP contribution in [-0.2, 0) is 20.9 Å². The summed E-state index contributed by atoms with van der Waals surface area (Å²) in [5.74, 6) is -1.47. The number of hydrogen-bond donors (Lipinski definition) is 2. The van der Waals surface area contributed by atoms with Crippen LogP contribution in [-0.4, -0.2) is 24.1 Å². The average molecular weight is 338 g/mol. The zero-order chi connectivity index (χ0) is 16.7. The molecule has 0 unspecified atom stereocenters. The van der Waals surface area contributed by atoms with Crippen molar-refractivity contribution in [1.82, 2.24) is 0 Å². The van der Waals surface area contributed by atoms with E-state index >= 15 is 0 Å². The van der Waals surface area contributed by atoms with Crippen LogP contribution in [0, 0.1) is 10.8 Å². The number of benzene rings is 1. The van der Waals surface area contributed by atoms with Crippen LogP contribution in [0.3, 0.4) is 0 Å². The molecule has 0 radical (unpaired) electrons. The molecular weight excluding hydrogens is 318 g/mol. The number of methoxy groups -OCH3 is 1. The van der Waals surface area contributed by atoms with Crippen LogP contribution >= 0.6 is 11.6 Å². The van der Waals surface area contributed by atoms with Gasteiger partial charge in [0.05, 0.1) is 6.61 Å². The van der Waals surface area contributed by atoms with E-state index in [1.54, 1.807) is 25.3 Å². The summed E-state index contributed by atoms with van der Waals surface area (Å²) >= 11 is 6.07. The van der Waals surface area contributed by atoms with Gasteiger partial charge in [-0.1, -0.05) is 18.0 Å². The van der Waals surface area contributed by atoms with Gasteiger partial charge in [-0.2, -0.15) is 0 Å². The first-order valence-corrected chi connectivity index (χ1v) is 8.11. The second-order valence-corrected chi connectivity index (χ2v) is 7.19. The Kier molecular flexibility index (Phi) is 4.10. The molecular formula is C17H20ClNO4. The van der Waals surface area contributed by atoms with Gasteiger partial charge < -0.3 is 15.2 Å².